The molecule has 0 radical (unpaired) electrons. The summed E-state index contributed by atoms with van der Waals surface area (Å²) in [6.45, 7) is 0. The molecule has 1 N–H and O–H groups in total. The summed E-state index contributed by atoms with van der Waals surface area (Å²) in [5.41, 5.74) is 0.190. The van der Waals surface area contributed by atoms with Crippen LogP contribution in [0.4, 0.5) is 0 Å². The van der Waals surface area contributed by atoms with Crippen LogP contribution in [0.5, 0.6) is 0 Å². The van der Waals surface area contributed by atoms with Crippen molar-refractivity contribution in [2.75, 3.05) is 17.8 Å². The first-order chi connectivity index (χ1) is 7.65. The number of carbonyl (C=O) groups is 1. The molecule has 0 bridgehead atoms. The van der Waals surface area contributed by atoms with Crippen LogP contribution in [0.25, 0.3) is 0 Å². The number of benzene rings is 1. The summed E-state index contributed by atoms with van der Waals surface area (Å²) in [6.07, 6.45) is 2.89. The molecule has 0 amide bonds. The zero-order chi connectivity index (χ0) is 12.0. The molecule has 0 fully saturated rings. The molecule has 0 aliphatic carbocycles. The zero-order valence-electron chi connectivity index (χ0n) is 9.01. The van der Waals surface area contributed by atoms with Gasteiger partial charge in [0.05, 0.1) is 16.4 Å². The Morgan fingerprint density at radius 1 is 1.50 bits per heavy atom. The largest absolute Gasteiger partial charge is 0.478 e. The van der Waals surface area contributed by atoms with Crippen molar-refractivity contribution in [2.45, 2.75) is 11.3 Å². The van der Waals surface area contributed by atoms with Crippen molar-refractivity contribution in [2.24, 2.45) is 0 Å². The van der Waals surface area contributed by atoms with Gasteiger partial charge in [-0.25, -0.2) is 4.79 Å². The Kier molecular flexibility index (Phi) is 5.55. The van der Waals surface area contributed by atoms with E-state index < -0.39 is 16.8 Å². The van der Waals surface area contributed by atoms with Gasteiger partial charge in [0.1, 0.15) is 0 Å². The third kappa shape index (κ3) is 3.98. The van der Waals surface area contributed by atoms with Gasteiger partial charge in [-0.15, -0.1) is 0 Å². The van der Waals surface area contributed by atoms with Gasteiger partial charge < -0.3 is 5.11 Å². The molecule has 0 aliphatic heterocycles. The monoisotopic (exact) mass is 258 g/mol. The smallest absolute Gasteiger partial charge is 0.335 e. The maximum atomic E-state index is 11.8. The number of hydrogen-bond acceptors (Lipinski definition) is 3. The molecule has 3 nitrogen and oxygen atoms in total. The molecular weight excluding hydrogens is 244 g/mol. The minimum Gasteiger partial charge on any atom is -0.478 e. The average Bonchev–Trinajstić information content (AvgIpc) is 2.29. The molecule has 0 aliphatic rings. The van der Waals surface area contributed by atoms with Gasteiger partial charge >= 0.3 is 5.97 Å². The molecule has 88 valence electrons. The standard InChI is InChI=1S/C11H14O3S2/c1-15-6-3-7-16(14)10-5-2-4-9(8-10)11(12)13/h2,4-5,8H,3,6-7H2,1H3,(H,12,13). The fourth-order valence-electron chi connectivity index (χ4n) is 1.22. The van der Waals surface area contributed by atoms with E-state index in [1.807, 2.05) is 6.26 Å². The van der Waals surface area contributed by atoms with Gasteiger partial charge in [-0.2, -0.15) is 11.8 Å². The van der Waals surface area contributed by atoms with Gasteiger partial charge in [-0.05, 0) is 36.6 Å². The Hall–Kier alpha value is -0.810. The Labute approximate surface area is 102 Å². The van der Waals surface area contributed by atoms with Crippen molar-refractivity contribution >= 4 is 28.5 Å². The van der Waals surface area contributed by atoms with Gasteiger partial charge in [-0.3, -0.25) is 4.21 Å². The number of aromatic carboxylic acids is 1. The summed E-state index contributed by atoms with van der Waals surface area (Å²) >= 11 is 1.72. The first-order valence-electron chi connectivity index (χ1n) is 4.86. The highest BCUT2D eigenvalue weighted by atomic mass is 32.2. The second kappa shape index (κ2) is 6.70. The van der Waals surface area contributed by atoms with E-state index in [9.17, 15) is 9.00 Å². The quantitative estimate of drug-likeness (QED) is 0.795. The maximum Gasteiger partial charge on any atom is 0.335 e. The van der Waals surface area contributed by atoms with Crippen molar-refractivity contribution in [3.63, 3.8) is 0 Å². The molecule has 0 spiro atoms. The summed E-state index contributed by atoms with van der Waals surface area (Å²) in [5.74, 6) is 0.580. The highest BCUT2D eigenvalue weighted by Crippen LogP contribution is 2.11. The van der Waals surface area contributed by atoms with Gasteiger partial charge in [0, 0.05) is 10.6 Å². The van der Waals surface area contributed by atoms with Crippen molar-refractivity contribution in [1.29, 1.82) is 0 Å². The second-order valence-electron chi connectivity index (χ2n) is 3.23. The van der Waals surface area contributed by atoms with Crippen molar-refractivity contribution < 1.29 is 14.1 Å². The van der Waals surface area contributed by atoms with E-state index in [2.05, 4.69) is 0 Å². The lowest BCUT2D eigenvalue weighted by molar-refractivity contribution is 0.0696. The zero-order valence-corrected chi connectivity index (χ0v) is 10.6. The highest BCUT2D eigenvalue weighted by molar-refractivity contribution is 7.98. The molecule has 1 atom stereocenters. The van der Waals surface area contributed by atoms with E-state index >= 15 is 0 Å². The van der Waals surface area contributed by atoms with Crippen LogP contribution in [0.1, 0.15) is 16.8 Å². The molecule has 5 heteroatoms. The molecule has 0 saturated heterocycles. The summed E-state index contributed by atoms with van der Waals surface area (Å²) in [5, 5.41) is 8.80. The number of thioether (sulfide) groups is 1. The predicted octanol–water partition coefficient (Wildman–Crippen LogP) is 2.25. The first kappa shape index (κ1) is 13.3. The van der Waals surface area contributed by atoms with Crippen LogP contribution < -0.4 is 0 Å². The lowest BCUT2D eigenvalue weighted by Gasteiger charge is -2.02. The average molecular weight is 258 g/mol. The summed E-state index contributed by atoms with van der Waals surface area (Å²) < 4.78 is 11.8. The van der Waals surface area contributed by atoms with E-state index in [0.29, 0.717) is 10.6 Å². The molecule has 1 aromatic rings. The minimum atomic E-state index is -1.09. The van der Waals surface area contributed by atoms with Crippen LogP contribution in [-0.4, -0.2) is 33.0 Å². The fraction of sp³-hybridized carbons (Fsp3) is 0.364. The molecule has 0 saturated carbocycles. The number of carboxylic acids is 1. The van der Waals surface area contributed by atoms with Gasteiger partial charge in [0.25, 0.3) is 0 Å². The van der Waals surface area contributed by atoms with E-state index in [1.54, 1.807) is 23.9 Å². The third-order valence-corrected chi connectivity index (χ3v) is 4.16. The second-order valence-corrected chi connectivity index (χ2v) is 5.79. The number of carboxylic acid groups (broad SMARTS) is 1. The highest BCUT2D eigenvalue weighted by Gasteiger charge is 2.07. The minimum absolute atomic E-state index is 0.190. The lowest BCUT2D eigenvalue weighted by atomic mass is 10.2. The third-order valence-electron chi connectivity index (χ3n) is 2.02. The van der Waals surface area contributed by atoms with Crippen LogP contribution in [0.2, 0.25) is 0 Å². The normalized spacial score (nSPS) is 12.3. The molecular formula is C11H14O3S2. The predicted molar refractivity (Wildman–Crippen MR) is 67.7 cm³/mol. The molecule has 0 heterocycles. The molecule has 1 unspecified atom stereocenters. The van der Waals surface area contributed by atoms with Gasteiger partial charge in [0.15, 0.2) is 0 Å². The van der Waals surface area contributed by atoms with Gasteiger partial charge in [0.2, 0.25) is 0 Å². The van der Waals surface area contributed by atoms with Crippen molar-refractivity contribution in [3.05, 3.63) is 29.8 Å². The van der Waals surface area contributed by atoms with E-state index in [4.69, 9.17) is 5.11 Å². The van der Waals surface area contributed by atoms with Crippen LogP contribution in [0, 0.1) is 0 Å². The van der Waals surface area contributed by atoms with Crippen LogP contribution in [0.15, 0.2) is 29.2 Å². The van der Waals surface area contributed by atoms with E-state index in [-0.39, 0.29) is 5.56 Å². The summed E-state index contributed by atoms with van der Waals surface area (Å²) in [6, 6.07) is 6.33. The Morgan fingerprint density at radius 2 is 2.25 bits per heavy atom. The lowest BCUT2D eigenvalue weighted by Crippen LogP contribution is -2.02. The number of rotatable bonds is 6. The van der Waals surface area contributed by atoms with Gasteiger partial charge in [-0.1, -0.05) is 6.07 Å². The van der Waals surface area contributed by atoms with Crippen LogP contribution >= 0.6 is 11.8 Å². The fourth-order valence-corrected chi connectivity index (χ4v) is 2.97. The molecule has 1 aromatic carbocycles. The Balaban J connectivity index is 2.68. The molecule has 0 aromatic heterocycles. The Morgan fingerprint density at radius 3 is 2.88 bits per heavy atom. The topological polar surface area (TPSA) is 54.4 Å². The Bertz CT molecular complexity index is 391. The number of hydrogen-bond donors (Lipinski definition) is 1. The van der Waals surface area contributed by atoms with Crippen LogP contribution in [-0.2, 0) is 10.8 Å². The molecule has 1 rings (SSSR count). The maximum absolute atomic E-state index is 11.8. The molecule has 16 heavy (non-hydrogen) atoms. The van der Waals surface area contributed by atoms with E-state index in [1.165, 1.54) is 12.1 Å². The van der Waals surface area contributed by atoms with Crippen LogP contribution in [0.3, 0.4) is 0 Å². The first-order valence-corrected chi connectivity index (χ1v) is 7.57. The summed E-state index contributed by atoms with van der Waals surface area (Å²) in [4.78, 5) is 11.3. The van der Waals surface area contributed by atoms with E-state index in [0.717, 1.165) is 12.2 Å². The van der Waals surface area contributed by atoms with Crippen molar-refractivity contribution in [1.82, 2.24) is 0 Å². The SMILES string of the molecule is CSCCCS(=O)c1cccc(C(=O)O)c1. The summed E-state index contributed by atoms with van der Waals surface area (Å²) in [7, 11) is -1.09. The van der Waals surface area contributed by atoms with Crippen molar-refractivity contribution in [3.8, 4) is 0 Å².